The first-order valence-corrected chi connectivity index (χ1v) is 12.1. The summed E-state index contributed by atoms with van der Waals surface area (Å²) in [5.74, 6) is 0.225. The number of hydrogen-bond donors (Lipinski definition) is 0. The zero-order chi connectivity index (χ0) is 26.7. The fourth-order valence-corrected chi connectivity index (χ4v) is 5.12. The first-order valence-electron chi connectivity index (χ1n) is 11.2. The van der Waals surface area contributed by atoms with Crippen molar-refractivity contribution in [3.8, 4) is 17.2 Å². The molecule has 8 nitrogen and oxygen atoms in total. The van der Waals surface area contributed by atoms with Crippen molar-refractivity contribution in [2.75, 3.05) is 20.8 Å². The first kappa shape index (κ1) is 26.1. The average molecular weight is 531 g/mol. The van der Waals surface area contributed by atoms with Crippen LogP contribution in [0.15, 0.2) is 63.5 Å². The smallest absolute Gasteiger partial charge is 0.387 e. The number of nitrogens with zero attached hydrogens (tertiary/aromatic N) is 2. The van der Waals surface area contributed by atoms with E-state index in [-0.39, 0.29) is 22.5 Å². The highest BCUT2D eigenvalue weighted by atomic mass is 32.1. The standard InChI is InChI=1S/C26H24F2N2O6S/c1-5-35-24(32)21-14(2)29-26-30(22(21)17-13-16(33-3)10-11-19(17)34-4)23(31)20(37-26)12-15-8-6-7-9-18(15)36-25(27)28/h6-13,22,25H,5H2,1-4H3/b20-12+/t22-/m1/s1. The van der Waals surface area contributed by atoms with Crippen molar-refractivity contribution in [3.63, 3.8) is 0 Å². The molecule has 1 aliphatic heterocycles. The third-order valence-corrected chi connectivity index (χ3v) is 6.65. The molecule has 37 heavy (non-hydrogen) atoms. The number of methoxy groups -OCH3 is 2. The van der Waals surface area contributed by atoms with Crippen LogP contribution in [0.2, 0.25) is 0 Å². The SMILES string of the molecule is CCOC(=O)C1=C(C)N=c2s/c(=C/c3ccccc3OC(F)F)c(=O)n2[C@@H]1c1cc(OC)ccc1OC. The number of allylic oxidation sites excluding steroid dienone is 1. The van der Waals surface area contributed by atoms with Crippen molar-refractivity contribution in [2.24, 2.45) is 4.99 Å². The van der Waals surface area contributed by atoms with Crippen LogP contribution < -0.4 is 29.1 Å². The van der Waals surface area contributed by atoms with Gasteiger partial charge in [-0.15, -0.1) is 0 Å². The highest BCUT2D eigenvalue weighted by molar-refractivity contribution is 7.07. The molecule has 0 unspecified atom stereocenters. The summed E-state index contributed by atoms with van der Waals surface area (Å²) in [6.45, 7) is 0.451. The number of rotatable bonds is 8. The second kappa shape index (κ2) is 11.0. The van der Waals surface area contributed by atoms with E-state index in [1.807, 2.05) is 0 Å². The minimum atomic E-state index is -3.02. The van der Waals surface area contributed by atoms with Gasteiger partial charge in [-0.2, -0.15) is 8.78 Å². The van der Waals surface area contributed by atoms with Crippen LogP contribution in [-0.2, 0) is 9.53 Å². The number of fused-ring (bicyclic) bond motifs is 1. The highest BCUT2D eigenvalue weighted by Crippen LogP contribution is 2.37. The lowest BCUT2D eigenvalue weighted by molar-refractivity contribution is -0.139. The van der Waals surface area contributed by atoms with E-state index in [1.54, 1.807) is 50.2 Å². The van der Waals surface area contributed by atoms with Gasteiger partial charge in [-0.3, -0.25) is 9.36 Å². The predicted molar refractivity (Wildman–Crippen MR) is 133 cm³/mol. The monoisotopic (exact) mass is 530 g/mol. The van der Waals surface area contributed by atoms with Crippen LogP contribution in [0.5, 0.6) is 17.2 Å². The molecule has 1 aliphatic rings. The number of carbonyl (C=O) groups excluding carboxylic acids is 1. The van der Waals surface area contributed by atoms with Crippen LogP contribution in [0.4, 0.5) is 8.78 Å². The number of halogens is 2. The van der Waals surface area contributed by atoms with Crippen molar-refractivity contribution >= 4 is 23.4 Å². The molecule has 1 aromatic heterocycles. The van der Waals surface area contributed by atoms with E-state index >= 15 is 0 Å². The van der Waals surface area contributed by atoms with E-state index in [4.69, 9.17) is 14.2 Å². The van der Waals surface area contributed by atoms with Crippen molar-refractivity contribution in [1.82, 2.24) is 4.57 Å². The van der Waals surface area contributed by atoms with Crippen molar-refractivity contribution in [3.05, 3.63) is 84.5 Å². The lowest BCUT2D eigenvalue weighted by Crippen LogP contribution is -2.40. The number of aromatic nitrogens is 1. The predicted octanol–water partition coefficient (Wildman–Crippen LogP) is 3.42. The van der Waals surface area contributed by atoms with Gasteiger partial charge in [0.15, 0.2) is 4.80 Å². The largest absolute Gasteiger partial charge is 0.497 e. The molecular formula is C26H24F2N2O6S. The Balaban J connectivity index is 2.00. The van der Waals surface area contributed by atoms with Crippen molar-refractivity contribution in [1.29, 1.82) is 0 Å². The van der Waals surface area contributed by atoms with Crippen LogP contribution in [0, 0.1) is 0 Å². The Morgan fingerprint density at radius 3 is 2.59 bits per heavy atom. The molecule has 1 atom stereocenters. The van der Waals surface area contributed by atoms with Gasteiger partial charge in [0.1, 0.15) is 23.3 Å². The molecule has 0 radical (unpaired) electrons. The number of carbonyl (C=O) groups is 1. The highest BCUT2D eigenvalue weighted by Gasteiger charge is 2.35. The molecule has 0 saturated heterocycles. The van der Waals surface area contributed by atoms with E-state index in [9.17, 15) is 18.4 Å². The third-order valence-electron chi connectivity index (χ3n) is 5.67. The fraction of sp³-hybridized carbons (Fsp3) is 0.269. The Hall–Kier alpha value is -3.99. The number of alkyl halides is 2. The summed E-state index contributed by atoms with van der Waals surface area (Å²) in [6.07, 6.45) is 1.46. The number of hydrogen-bond acceptors (Lipinski definition) is 8. The minimum absolute atomic E-state index is 0.0715. The van der Waals surface area contributed by atoms with Gasteiger partial charge in [-0.25, -0.2) is 9.79 Å². The van der Waals surface area contributed by atoms with Gasteiger partial charge < -0.3 is 18.9 Å². The van der Waals surface area contributed by atoms with Crippen LogP contribution in [0.25, 0.3) is 6.08 Å². The van der Waals surface area contributed by atoms with E-state index in [0.29, 0.717) is 33.1 Å². The summed E-state index contributed by atoms with van der Waals surface area (Å²) in [7, 11) is 2.99. The number of para-hydroxylation sites is 1. The minimum Gasteiger partial charge on any atom is -0.497 e. The summed E-state index contributed by atoms with van der Waals surface area (Å²) in [5, 5.41) is 0. The molecule has 4 rings (SSSR count). The van der Waals surface area contributed by atoms with Gasteiger partial charge in [0.2, 0.25) is 0 Å². The summed E-state index contributed by atoms with van der Waals surface area (Å²) >= 11 is 1.06. The Morgan fingerprint density at radius 2 is 1.92 bits per heavy atom. The van der Waals surface area contributed by atoms with Gasteiger partial charge in [-0.05, 0) is 44.2 Å². The van der Waals surface area contributed by atoms with E-state index in [0.717, 1.165) is 11.3 Å². The molecule has 194 valence electrons. The molecule has 3 aromatic rings. The zero-order valence-corrected chi connectivity index (χ0v) is 21.3. The topological polar surface area (TPSA) is 88.4 Å². The Bertz CT molecular complexity index is 1540. The summed E-state index contributed by atoms with van der Waals surface area (Å²) < 4.78 is 48.3. The molecule has 0 bridgehead atoms. The average Bonchev–Trinajstić information content (AvgIpc) is 3.18. The molecule has 0 aliphatic carbocycles. The number of benzene rings is 2. The maximum Gasteiger partial charge on any atom is 0.387 e. The third kappa shape index (κ3) is 5.12. The number of ether oxygens (including phenoxy) is 4. The van der Waals surface area contributed by atoms with Crippen LogP contribution in [-0.4, -0.2) is 38.0 Å². The van der Waals surface area contributed by atoms with Crippen LogP contribution in [0.1, 0.15) is 31.0 Å². The van der Waals surface area contributed by atoms with Crippen LogP contribution >= 0.6 is 11.3 Å². The van der Waals surface area contributed by atoms with Crippen molar-refractivity contribution < 1.29 is 32.5 Å². The number of esters is 1. The second-order valence-electron chi connectivity index (χ2n) is 7.83. The summed E-state index contributed by atoms with van der Waals surface area (Å²) in [5.41, 5.74) is 0.870. The molecular weight excluding hydrogens is 506 g/mol. The van der Waals surface area contributed by atoms with E-state index in [1.165, 1.54) is 30.9 Å². The molecule has 0 N–H and O–H groups in total. The molecule has 0 amide bonds. The summed E-state index contributed by atoms with van der Waals surface area (Å²) in [4.78, 5) is 31.7. The molecule has 11 heteroatoms. The number of thiazole rings is 1. The molecule has 0 saturated carbocycles. The Labute approximate surface area is 214 Å². The maximum absolute atomic E-state index is 13.8. The lowest BCUT2D eigenvalue weighted by atomic mass is 9.94. The maximum atomic E-state index is 13.8. The van der Waals surface area contributed by atoms with E-state index in [2.05, 4.69) is 9.73 Å². The van der Waals surface area contributed by atoms with Gasteiger partial charge >= 0.3 is 12.6 Å². The van der Waals surface area contributed by atoms with Crippen LogP contribution in [0.3, 0.4) is 0 Å². The van der Waals surface area contributed by atoms with Gasteiger partial charge in [-0.1, -0.05) is 29.5 Å². The van der Waals surface area contributed by atoms with Gasteiger partial charge in [0, 0.05) is 11.1 Å². The first-order chi connectivity index (χ1) is 17.8. The fourth-order valence-electron chi connectivity index (χ4n) is 4.08. The normalized spacial score (nSPS) is 15.3. The summed E-state index contributed by atoms with van der Waals surface area (Å²) in [6, 6.07) is 10.3. The lowest BCUT2D eigenvalue weighted by Gasteiger charge is -2.26. The quantitative estimate of drug-likeness (QED) is 0.415. The molecule has 2 heterocycles. The van der Waals surface area contributed by atoms with E-state index < -0.39 is 24.2 Å². The van der Waals surface area contributed by atoms with Gasteiger partial charge in [0.25, 0.3) is 5.56 Å². The molecule has 2 aromatic carbocycles. The molecule has 0 spiro atoms. The Morgan fingerprint density at radius 1 is 1.16 bits per heavy atom. The second-order valence-corrected chi connectivity index (χ2v) is 8.84. The van der Waals surface area contributed by atoms with Gasteiger partial charge in [0.05, 0.1) is 36.6 Å². The zero-order valence-electron chi connectivity index (χ0n) is 20.5. The Kier molecular flexibility index (Phi) is 7.72. The molecule has 0 fully saturated rings. The van der Waals surface area contributed by atoms with Crippen molar-refractivity contribution in [2.45, 2.75) is 26.5 Å².